The molecule has 0 aromatic heterocycles. The number of benzene rings is 3. The summed E-state index contributed by atoms with van der Waals surface area (Å²) in [5.41, 5.74) is 1.87. The molecule has 3 aromatic carbocycles. The van der Waals surface area contributed by atoms with E-state index in [-0.39, 0.29) is 29.7 Å². The zero-order valence-electron chi connectivity index (χ0n) is 19.3. The van der Waals surface area contributed by atoms with E-state index >= 15 is 0 Å². The summed E-state index contributed by atoms with van der Waals surface area (Å²) in [5.74, 6) is -0.206. The van der Waals surface area contributed by atoms with Crippen molar-refractivity contribution in [1.29, 1.82) is 0 Å². The lowest BCUT2D eigenvalue weighted by Gasteiger charge is -2.15. The van der Waals surface area contributed by atoms with Crippen LogP contribution in [0.15, 0.2) is 69.8 Å². The molecule has 0 unspecified atom stereocenters. The number of rotatable bonds is 8. The maximum absolute atomic E-state index is 13.5. The fraction of sp³-hybridized carbons (Fsp3) is 0.154. The van der Waals surface area contributed by atoms with E-state index in [1.807, 2.05) is 6.92 Å². The third kappa shape index (κ3) is 5.44. The summed E-state index contributed by atoms with van der Waals surface area (Å²) < 4.78 is 31.0. The monoisotopic (exact) mass is 554 g/mol. The van der Waals surface area contributed by atoms with E-state index in [4.69, 9.17) is 14.2 Å². The molecule has 0 amide bonds. The number of nitrogens with zero attached hydrogens (tertiary/aromatic N) is 2. The van der Waals surface area contributed by atoms with Gasteiger partial charge in [0.25, 0.3) is 5.69 Å². The maximum Gasteiger partial charge on any atom is 0.363 e. The minimum absolute atomic E-state index is 0.00778. The van der Waals surface area contributed by atoms with Gasteiger partial charge in [-0.05, 0) is 77.3 Å². The van der Waals surface area contributed by atoms with Gasteiger partial charge in [0.05, 0.1) is 16.0 Å². The lowest BCUT2D eigenvalue weighted by Crippen LogP contribution is -2.08. The van der Waals surface area contributed by atoms with Gasteiger partial charge in [0.15, 0.2) is 17.2 Å². The molecule has 36 heavy (non-hydrogen) atoms. The minimum atomic E-state index is -0.684. The van der Waals surface area contributed by atoms with Gasteiger partial charge >= 0.3 is 5.97 Å². The Morgan fingerprint density at radius 3 is 2.67 bits per heavy atom. The molecule has 8 nitrogen and oxygen atoms in total. The molecule has 1 aliphatic rings. The molecule has 184 valence electrons. The maximum atomic E-state index is 13.5. The van der Waals surface area contributed by atoms with E-state index in [0.717, 1.165) is 0 Å². The van der Waals surface area contributed by atoms with Crippen molar-refractivity contribution < 1.29 is 28.3 Å². The molecule has 0 radical (unpaired) electrons. The van der Waals surface area contributed by atoms with Gasteiger partial charge in [-0.1, -0.05) is 18.2 Å². The third-order valence-electron chi connectivity index (χ3n) is 5.26. The Morgan fingerprint density at radius 2 is 1.94 bits per heavy atom. The van der Waals surface area contributed by atoms with Gasteiger partial charge in [-0.2, -0.15) is 0 Å². The summed E-state index contributed by atoms with van der Waals surface area (Å²) in [6.45, 7) is 3.87. The summed E-state index contributed by atoms with van der Waals surface area (Å²) in [7, 11) is 0. The van der Waals surface area contributed by atoms with Gasteiger partial charge < -0.3 is 14.2 Å². The lowest BCUT2D eigenvalue weighted by atomic mass is 10.1. The molecule has 3 aromatic rings. The van der Waals surface area contributed by atoms with E-state index in [1.54, 1.807) is 37.3 Å². The Bertz CT molecular complexity index is 1420. The first-order valence-electron chi connectivity index (χ1n) is 10.9. The van der Waals surface area contributed by atoms with Gasteiger partial charge in [0.1, 0.15) is 12.4 Å². The Kier molecular flexibility index (Phi) is 7.44. The molecule has 1 aliphatic heterocycles. The number of nitro groups is 1. The van der Waals surface area contributed by atoms with Crippen LogP contribution in [0.4, 0.5) is 10.1 Å². The minimum Gasteiger partial charge on any atom is -0.490 e. The Morgan fingerprint density at radius 1 is 1.17 bits per heavy atom. The summed E-state index contributed by atoms with van der Waals surface area (Å²) >= 11 is 3.48. The van der Waals surface area contributed by atoms with Crippen LogP contribution in [-0.2, 0) is 16.1 Å². The summed E-state index contributed by atoms with van der Waals surface area (Å²) in [4.78, 5) is 27.5. The molecule has 1 heterocycles. The van der Waals surface area contributed by atoms with Crippen LogP contribution in [0.5, 0.6) is 11.5 Å². The first-order valence-corrected chi connectivity index (χ1v) is 11.7. The molecular formula is C26H20BrFN2O6. The molecule has 0 N–H and O–H groups in total. The number of ether oxygens (including phenoxy) is 3. The van der Waals surface area contributed by atoms with Crippen LogP contribution in [0.25, 0.3) is 6.08 Å². The first-order chi connectivity index (χ1) is 17.3. The normalized spacial score (nSPS) is 13.9. The molecule has 4 rings (SSSR count). The molecule has 0 atom stereocenters. The zero-order valence-corrected chi connectivity index (χ0v) is 20.9. The largest absolute Gasteiger partial charge is 0.490 e. The van der Waals surface area contributed by atoms with Crippen molar-refractivity contribution in [3.8, 4) is 11.5 Å². The average molecular weight is 555 g/mol. The number of carbonyl (C=O) groups is 1. The molecule has 0 saturated carbocycles. The zero-order chi connectivity index (χ0) is 25.8. The second-order valence-corrected chi connectivity index (χ2v) is 8.58. The van der Waals surface area contributed by atoms with Crippen LogP contribution in [0.2, 0.25) is 0 Å². The predicted octanol–water partition coefficient (Wildman–Crippen LogP) is 6.13. The highest BCUT2D eigenvalue weighted by atomic mass is 79.9. The van der Waals surface area contributed by atoms with E-state index in [9.17, 15) is 19.3 Å². The van der Waals surface area contributed by atoms with E-state index in [2.05, 4.69) is 20.9 Å². The van der Waals surface area contributed by atoms with Gasteiger partial charge in [-0.3, -0.25) is 10.1 Å². The standard InChI is InChI=1S/C26H20BrFN2O6/c1-3-34-23-13-17(11-20(27)24(23)35-14-16-6-4-7-18(28)10-16)12-21-26(31)36-25(29-21)19-8-5-9-22(15(19)2)30(32)33/h4-13H,3,14H2,1-2H3/b21-12-. The predicted molar refractivity (Wildman–Crippen MR) is 134 cm³/mol. The number of aliphatic imine (C=N–C) groups is 1. The van der Waals surface area contributed by atoms with E-state index in [0.29, 0.717) is 44.8 Å². The Labute approximate surface area is 214 Å². The van der Waals surface area contributed by atoms with Crippen molar-refractivity contribution in [2.75, 3.05) is 6.61 Å². The first kappa shape index (κ1) is 25.1. The molecule has 10 heteroatoms. The van der Waals surface area contributed by atoms with Crippen molar-refractivity contribution in [2.24, 2.45) is 4.99 Å². The van der Waals surface area contributed by atoms with Crippen LogP contribution in [0, 0.1) is 22.9 Å². The SMILES string of the molecule is CCOc1cc(/C=C2\N=C(c3cccc([N+](=O)[O-])c3C)OC2=O)cc(Br)c1OCc1cccc(F)c1. The number of hydrogen-bond donors (Lipinski definition) is 0. The van der Waals surface area contributed by atoms with E-state index in [1.165, 1.54) is 30.3 Å². The Hall–Kier alpha value is -4.05. The highest BCUT2D eigenvalue weighted by molar-refractivity contribution is 9.10. The smallest absolute Gasteiger partial charge is 0.363 e. The second kappa shape index (κ2) is 10.7. The average Bonchev–Trinajstić information content (AvgIpc) is 3.18. The number of carbonyl (C=O) groups excluding carboxylic acids is 1. The fourth-order valence-corrected chi connectivity index (χ4v) is 4.17. The molecule has 0 aliphatic carbocycles. The molecule has 0 bridgehead atoms. The highest BCUT2D eigenvalue weighted by Gasteiger charge is 2.27. The summed E-state index contributed by atoms with van der Waals surface area (Å²) in [6.07, 6.45) is 1.52. The quantitative estimate of drug-likeness (QED) is 0.144. The van der Waals surface area contributed by atoms with Crippen LogP contribution in [0.1, 0.15) is 29.2 Å². The van der Waals surface area contributed by atoms with Gasteiger partial charge in [0.2, 0.25) is 5.90 Å². The van der Waals surface area contributed by atoms with Gasteiger partial charge in [-0.25, -0.2) is 14.2 Å². The molecule has 0 spiro atoms. The topological polar surface area (TPSA) is 100 Å². The number of halogens is 2. The summed E-state index contributed by atoms with van der Waals surface area (Å²) in [6, 6.07) is 14.0. The molecule has 0 saturated heterocycles. The van der Waals surface area contributed by atoms with Crippen LogP contribution < -0.4 is 9.47 Å². The summed E-state index contributed by atoms with van der Waals surface area (Å²) in [5, 5.41) is 11.2. The number of esters is 1. The highest BCUT2D eigenvalue weighted by Crippen LogP contribution is 2.38. The van der Waals surface area contributed by atoms with E-state index < -0.39 is 10.9 Å². The third-order valence-corrected chi connectivity index (χ3v) is 5.85. The van der Waals surface area contributed by atoms with Crippen LogP contribution in [-0.4, -0.2) is 23.4 Å². The van der Waals surface area contributed by atoms with Crippen molar-refractivity contribution in [1.82, 2.24) is 0 Å². The second-order valence-electron chi connectivity index (χ2n) is 7.72. The van der Waals surface area contributed by atoms with Crippen molar-refractivity contribution in [3.63, 3.8) is 0 Å². The number of cyclic esters (lactones) is 1. The van der Waals surface area contributed by atoms with Crippen molar-refractivity contribution in [2.45, 2.75) is 20.5 Å². The van der Waals surface area contributed by atoms with Crippen molar-refractivity contribution >= 4 is 39.6 Å². The van der Waals surface area contributed by atoms with Gasteiger partial charge in [-0.15, -0.1) is 0 Å². The van der Waals surface area contributed by atoms with Gasteiger partial charge in [0, 0.05) is 17.2 Å². The molecular weight excluding hydrogens is 535 g/mol. The van der Waals surface area contributed by atoms with Crippen molar-refractivity contribution in [3.05, 3.63) is 103 Å². The van der Waals surface area contributed by atoms with Crippen LogP contribution in [0.3, 0.4) is 0 Å². The Balaban J connectivity index is 1.64. The lowest BCUT2D eigenvalue weighted by molar-refractivity contribution is -0.385. The van der Waals surface area contributed by atoms with Crippen LogP contribution >= 0.6 is 15.9 Å². The fourth-order valence-electron chi connectivity index (χ4n) is 3.59. The number of hydrogen-bond acceptors (Lipinski definition) is 7. The number of nitro benzene ring substituents is 1. The molecule has 0 fully saturated rings.